The van der Waals surface area contributed by atoms with Crippen LogP contribution < -0.4 is 0 Å². The first kappa shape index (κ1) is 22.2. The van der Waals surface area contributed by atoms with Crippen LogP contribution in [0.4, 0.5) is 4.39 Å². The lowest BCUT2D eigenvalue weighted by Crippen LogP contribution is -2.63. The van der Waals surface area contributed by atoms with Crippen molar-refractivity contribution in [2.75, 3.05) is 6.61 Å². The lowest BCUT2D eigenvalue weighted by atomic mass is 9.79. The van der Waals surface area contributed by atoms with Gasteiger partial charge in [0, 0.05) is 35.2 Å². The summed E-state index contributed by atoms with van der Waals surface area (Å²) in [5.41, 5.74) is 1.27. The van der Waals surface area contributed by atoms with E-state index in [1.165, 1.54) is 12.1 Å². The number of aromatic nitrogens is 2. The Kier molecular flexibility index (Phi) is 5.43. The van der Waals surface area contributed by atoms with Gasteiger partial charge in [0.05, 0.1) is 5.69 Å². The van der Waals surface area contributed by atoms with Crippen LogP contribution >= 0.6 is 0 Å². The highest BCUT2D eigenvalue weighted by Gasteiger charge is 2.47. The maximum atomic E-state index is 13.3. The van der Waals surface area contributed by atoms with E-state index in [1.54, 1.807) is 21.7 Å². The van der Waals surface area contributed by atoms with Crippen molar-refractivity contribution in [3.63, 3.8) is 0 Å². The molecule has 170 valence electrons. The van der Waals surface area contributed by atoms with Crippen molar-refractivity contribution in [1.82, 2.24) is 14.7 Å². The molecule has 1 saturated heterocycles. The average Bonchev–Trinajstić information content (AvgIpc) is 3.27. The fourth-order valence-electron chi connectivity index (χ4n) is 5.34. The summed E-state index contributed by atoms with van der Waals surface area (Å²) in [6, 6.07) is 5.92. The number of carbonyl (C=O) groups is 3. The Morgan fingerprint density at radius 1 is 1.06 bits per heavy atom. The number of amides is 1. The van der Waals surface area contributed by atoms with E-state index in [0.29, 0.717) is 12.1 Å². The summed E-state index contributed by atoms with van der Waals surface area (Å²) in [5.74, 6) is -1.22. The average molecular weight is 442 g/mol. The van der Waals surface area contributed by atoms with Crippen LogP contribution in [-0.2, 0) is 27.2 Å². The number of piperidine rings is 1. The summed E-state index contributed by atoms with van der Waals surface area (Å²) in [4.78, 5) is 39.7. The molecule has 1 aliphatic heterocycles. The van der Waals surface area contributed by atoms with Crippen molar-refractivity contribution in [2.24, 2.45) is 0 Å². The van der Waals surface area contributed by atoms with Crippen molar-refractivity contribution in [1.29, 1.82) is 0 Å². The van der Waals surface area contributed by atoms with E-state index in [0.717, 1.165) is 24.1 Å². The van der Waals surface area contributed by atoms with E-state index in [1.807, 2.05) is 27.7 Å². The molecule has 1 aromatic carbocycles. The van der Waals surface area contributed by atoms with Gasteiger partial charge in [-0.15, -0.1) is 0 Å². The third kappa shape index (κ3) is 3.94. The second kappa shape index (κ2) is 7.83. The van der Waals surface area contributed by atoms with Crippen LogP contribution in [0, 0.1) is 5.82 Å². The van der Waals surface area contributed by atoms with E-state index in [2.05, 4.69) is 5.10 Å². The van der Waals surface area contributed by atoms with Gasteiger partial charge in [-0.05, 0) is 71.2 Å². The summed E-state index contributed by atoms with van der Waals surface area (Å²) in [6.45, 7) is 6.98. The molecule has 2 aliphatic rings. The van der Waals surface area contributed by atoms with Crippen LogP contribution in [0.25, 0.3) is 5.69 Å². The zero-order valence-corrected chi connectivity index (χ0v) is 18.9. The van der Waals surface area contributed by atoms with Gasteiger partial charge >= 0.3 is 5.97 Å². The second-order valence-electron chi connectivity index (χ2n) is 9.84. The molecule has 0 radical (unpaired) electrons. The van der Waals surface area contributed by atoms with Gasteiger partial charge in [-0.25, -0.2) is 13.9 Å². The molecule has 0 atom stereocenters. The molecule has 8 heteroatoms. The van der Waals surface area contributed by atoms with E-state index in [4.69, 9.17) is 4.74 Å². The minimum atomic E-state index is -0.659. The monoisotopic (exact) mass is 441 g/mol. The molecule has 7 nitrogen and oxygen atoms in total. The Bertz CT molecular complexity index is 1070. The zero-order valence-electron chi connectivity index (χ0n) is 18.9. The smallest absolute Gasteiger partial charge is 0.359 e. The van der Waals surface area contributed by atoms with Crippen molar-refractivity contribution in [3.8, 4) is 5.69 Å². The summed E-state index contributed by atoms with van der Waals surface area (Å²) >= 11 is 0. The molecule has 1 fully saturated rings. The van der Waals surface area contributed by atoms with Crippen molar-refractivity contribution in [3.05, 3.63) is 47.0 Å². The lowest BCUT2D eigenvalue weighted by Gasteiger charge is -2.51. The number of rotatable bonds is 4. The number of hydrogen-bond acceptors (Lipinski definition) is 5. The number of nitrogens with zero attached hydrogens (tertiary/aromatic N) is 3. The number of likely N-dealkylation sites (tertiary alicyclic amines) is 1. The van der Waals surface area contributed by atoms with E-state index in [-0.39, 0.29) is 36.0 Å². The number of fused-ring (bicyclic) bond motifs is 1. The van der Waals surface area contributed by atoms with Crippen molar-refractivity contribution < 1.29 is 23.5 Å². The number of ether oxygens (including phenoxy) is 1. The number of hydrogen-bond donors (Lipinski definition) is 0. The number of carbonyl (C=O) groups excluding carboxylic acids is 3. The first-order valence-electron chi connectivity index (χ1n) is 10.9. The van der Waals surface area contributed by atoms with Gasteiger partial charge in [-0.1, -0.05) is 0 Å². The molecule has 4 rings (SSSR count). The fraction of sp³-hybridized carbons (Fsp3) is 0.500. The minimum Gasteiger partial charge on any atom is -0.451 e. The highest BCUT2D eigenvalue weighted by atomic mass is 19.1. The van der Waals surface area contributed by atoms with Crippen molar-refractivity contribution >= 4 is 17.7 Å². The quantitative estimate of drug-likeness (QED) is 0.680. The summed E-state index contributed by atoms with van der Waals surface area (Å²) < 4.78 is 20.4. The number of benzene rings is 1. The maximum absolute atomic E-state index is 13.3. The third-order valence-corrected chi connectivity index (χ3v) is 6.24. The fourth-order valence-corrected chi connectivity index (χ4v) is 5.34. The molecule has 1 amide bonds. The molecule has 2 aromatic rings. The second-order valence-corrected chi connectivity index (χ2v) is 9.84. The van der Waals surface area contributed by atoms with Crippen LogP contribution in [0.2, 0.25) is 0 Å². The predicted octanol–water partition coefficient (Wildman–Crippen LogP) is 3.41. The van der Waals surface area contributed by atoms with Crippen LogP contribution in [0.3, 0.4) is 0 Å². The Morgan fingerprint density at radius 3 is 2.31 bits per heavy atom. The Balaban J connectivity index is 1.53. The van der Waals surface area contributed by atoms with Gasteiger partial charge in [-0.3, -0.25) is 9.59 Å². The molecular formula is C24H28FN3O4. The Hall–Kier alpha value is -3.03. The molecule has 1 aromatic heterocycles. The molecule has 0 N–H and O–H groups in total. The molecule has 0 spiro atoms. The van der Waals surface area contributed by atoms with E-state index < -0.39 is 23.7 Å². The zero-order chi connectivity index (χ0) is 23.3. The Labute approximate surface area is 186 Å². The summed E-state index contributed by atoms with van der Waals surface area (Å²) in [6.07, 6.45) is 2.88. The molecule has 0 bridgehead atoms. The van der Waals surface area contributed by atoms with Gasteiger partial charge in [0.25, 0.3) is 5.91 Å². The standard InChI is InChI=1S/C24H28FN3O4/c1-23(2)12-17(29)13-24(3,4)28(23)20(30)14-32-22(31)21-18-6-5-7-19(18)27(26-21)16-10-8-15(25)9-11-16/h8-11H,5-7,12-14H2,1-4H3. The number of ketones is 1. The lowest BCUT2D eigenvalue weighted by molar-refractivity contribution is -0.156. The SMILES string of the molecule is CC1(C)CC(=O)CC(C)(C)N1C(=O)COC(=O)c1nn(-c2ccc(F)cc2)c2c1CCC2. The normalized spacial score (nSPS) is 19.0. The highest BCUT2D eigenvalue weighted by molar-refractivity contribution is 5.92. The topological polar surface area (TPSA) is 81.5 Å². The third-order valence-electron chi connectivity index (χ3n) is 6.24. The van der Waals surface area contributed by atoms with Gasteiger partial charge in [0.2, 0.25) is 0 Å². The Morgan fingerprint density at radius 2 is 1.69 bits per heavy atom. The summed E-state index contributed by atoms with van der Waals surface area (Å²) in [5, 5.41) is 4.44. The van der Waals surface area contributed by atoms with Crippen LogP contribution in [-0.4, -0.2) is 50.0 Å². The van der Waals surface area contributed by atoms with Crippen molar-refractivity contribution in [2.45, 2.75) is 70.9 Å². The van der Waals surface area contributed by atoms with E-state index in [9.17, 15) is 18.8 Å². The molecule has 0 unspecified atom stereocenters. The predicted molar refractivity (Wildman–Crippen MR) is 115 cm³/mol. The molecule has 32 heavy (non-hydrogen) atoms. The molecule has 0 saturated carbocycles. The first-order chi connectivity index (χ1) is 15.0. The van der Waals surface area contributed by atoms with Gasteiger partial charge in [0.1, 0.15) is 11.6 Å². The summed E-state index contributed by atoms with van der Waals surface area (Å²) in [7, 11) is 0. The van der Waals surface area contributed by atoms with Gasteiger partial charge < -0.3 is 9.64 Å². The maximum Gasteiger partial charge on any atom is 0.359 e. The largest absolute Gasteiger partial charge is 0.451 e. The number of esters is 1. The van der Waals surface area contributed by atoms with Crippen LogP contribution in [0.15, 0.2) is 24.3 Å². The number of Topliss-reactive ketones (excluding diaryl/α,β-unsaturated/α-hetero) is 1. The van der Waals surface area contributed by atoms with Gasteiger partial charge in [0.15, 0.2) is 12.3 Å². The number of halogens is 1. The van der Waals surface area contributed by atoms with Crippen LogP contribution in [0.5, 0.6) is 0 Å². The molecule has 2 heterocycles. The van der Waals surface area contributed by atoms with Crippen LogP contribution in [0.1, 0.15) is 68.7 Å². The van der Waals surface area contributed by atoms with E-state index >= 15 is 0 Å². The minimum absolute atomic E-state index is 0.114. The molecule has 1 aliphatic carbocycles. The molecular weight excluding hydrogens is 413 g/mol. The highest BCUT2D eigenvalue weighted by Crippen LogP contribution is 2.36. The first-order valence-corrected chi connectivity index (χ1v) is 10.9. The van der Waals surface area contributed by atoms with Gasteiger partial charge in [-0.2, -0.15) is 5.10 Å².